The number of benzene rings is 1. The molecule has 0 saturated carbocycles. The second-order valence-corrected chi connectivity index (χ2v) is 3.54. The van der Waals surface area contributed by atoms with Crippen LogP contribution in [0.3, 0.4) is 0 Å². The molecule has 12 heavy (non-hydrogen) atoms. The third kappa shape index (κ3) is 2.57. The predicted octanol–water partition coefficient (Wildman–Crippen LogP) is 3.14. The van der Waals surface area contributed by atoms with Crippen molar-refractivity contribution in [3.05, 3.63) is 30.3 Å². The lowest BCUT2D eigenvalue weighted by molar-refractivity contribution is 0.560. The SMILES string of the molecule is CC(C)[C@H](C)Nc1ccccc1. The van der Waals surface area contributed by atoms with Gasteiger partial charge in [0.05, 0.1) is 0 Å². The summed E-state index contributed by atoms with van der Waals surface area (Å²) in [7, 11) is 0. The average molecular weight is 163 g/mol. The number of rotatable bonds is 3. The molecular formula is C11H17N. The zero-order chi connectivity index (χ0) is 8.97. The number of para-hydroxylation sites is 1. The third-order valence-corrected chi connectivity index (χ3v) is 2.17. The number of hydrogen-bond donors (Lipinski definition) is 1. The van der Waals surface area contributed by atoms with Crippen LogP contribution in [0.25, 0.3) is 0 Å². The van der Waals surface area contributed by atoms with Crippen molar-refractivity contribution in [1.29, 1.82) is 0 Å². The van der Waals surface area contributed by atoms with Crippen molar-refractivity contribution in [2.24, 2.45) is 5.92 Å². The van der Waals surface area contributed by atoms with Crippen molar-refractivity contribution >= 4 is 5.69 Å². The Labute approximate surface area is 74.8 Å². The van der Waals surface area contributed by atoms with Gasteiger partial charge in [0.1, 0.15) is 0 Å². The van der Waals surface area contributed by atoms with Crippen molar-refractivity contribution in [2.75, 3.05) is 5.32 Å². The number of hydrogen-bond acceptors (Lipinski definition) is 1. The minimum Gasteiger partial charge on any atom is -0.382 e. The maximum atomic E-state index is 3.44. The van der Waals surface area contributed by atoms with Gasteiger partial charge in [0.15, 0.2) is 0 Å². The Kier molecular flexibility index (Phi) is 3.15. The summed E-state index contributed by atoms with van der Waals surface area (Å²) < 4.78 is 0. The van der Waals surface area contributed by atoms with Gasteiger partial charge < -0.3 is 5.32 Å². The first kappa shape index (κ1) is 9.11. The molecule has 0 aromatic heterocycles. The van der Waals surface area contributed by atoms with E-state index >= 15 is 0 Å². The Morgan fingerprint density at radius 2 is 1.58 bits per heavy atom. The molecule has 66 valence electrons. The lowest BCUT2D eigenvalue weighted by Gasteiger charge is -2.18. The standard InChI is InChI=1S/C11H17N/c1-9(2)10(3)12-11-7-5-4-6-8-11/h4-10,12H,1-3H3/t10-/m0/s1. The Bertz CT molecular complexity index is 216. The van der Waals surface area contributed by atoms with Crippen molar-refractivity contribution in [3.8, 4) is 0 Å². The Hall–Kier alpha value is -0.980. The van der Waals surface area contributed by atoms with E-state index in [1.54, 1.807) is 0 Å². The minimum atomic E-state index is 0.535. The molecule has 0 amide bonds. The van der Waals surface area contributed by atoms with Crippen molar-refractivity contribution in [1.82, 2.24) is 0 Å². The summed E-state index contributed by atoms with van der Waals surface area (Å²) in [4.78, 5) is 0. The van der Waals surface area contributed by atoms with Crippen LogP contribution >= 0.6 is 0 Å². The van der Waals surface area contributed by atoms with Crippen molar-refractivity contribution in [2.45, 2.75) is 26.8 Å². The lowest BCUT2D eigenvalue weighted by atomic mass is 10.1. The first-order chi connectivity index (χ1) is 5.70. The molecule has 1 rings (SSSR count). The maximum Gasteiger partial charge on any atom is 0.0342 e. The Morgan fingerprint density at radius 3 is 2.08 bits per heavy atom. The van der Waals surface area contributed by atoms with Gasteiger partial charge in [-0.3, -0.25) is 0 Å². The van der Waals surface area contributed by atoms with Crippen LogP contribution in [-0.2, 0) is 0 Å². The van der Waals surface area contributed by atoms with Gasteiger partial charge in [-0.25, -0.2) is 0 Å². The highest BCUT2D eigenvalue weighted by Crippen LogP contribution is 2.11. The molecular weight excluding hydrogens is 146 g/mol. The summed E-state index contributed by atoms with van der Waals surface area (Å²) in [6, 6.07) is 10.9. The van der Waals surface area contributed by atoms with Gasteiger partial charge in [0, 0.05) is 11.7 Å². The van der Waals surface area contributed by atoms with E-state index in [-0.39, 0.29) is 0 Å². The highest BCUT2D eigenvalue weighted by Gasteiger charge is 2.04. The van der Waals surface area contributed by atoms with E-state index in [4.69, 9.17) is 0 Å². The fourth-order valence-electron chi connectivity index (χ4n) is 0.964. The van der Waals surface area contributed by atoms with Gasteiger partial charge in [-0.2, -0.15) is 0 Å². The topological polar surface area (TPSA) is 12.0 Å². The molecule has 0 radical (unpaired) electrons. The molecule has 0 heterocycles. The molecule has 1 N–H and O–H groups in total. The number of anilines is 1. The molecule has 1 heteroatoms. The zero-order valence-electron chi connectivity index (χ0n) is 8.04. The van der Waals surface area contributed by atoms with Gasteiger partial charge >= 0.3 is 0 Å². The van der Waals surface area contributed by atoms with Gasteiger partial charge in [-0.1, -0.05) is 32.0 Å². The third-order valence-electron chi connectivity index (χ3n) is 2.17. The number of nitrogens with one attached hydrogen (secondary N) is 1. The van der Waals surface area contributed by atoms with Crippen molar-refractivity contribution in [3.63, 3.8) is 0 Å². The Balaban J connectivity index is 2.53. The predicted molar refractivity (Wildman–Crippen MR) is 54.4 cm³/mol. The smallest absolute Gasteiger partial charge is 0.0342 e. The van der Waals surface area contributed by atoms with E-state index in [0.29, 0.717) is 12.0 Å². The summed E-state index contributed by atoms with van der Waals surface area (Å²) in [6.07, 6.45) is 0. The molecule has 0 bridgehead atoms. The summed E-state index contributed by atoms with van der Waals surface area (Å²) in [5.41, 5.74) is 1.21. The van der Waals surface area contributed by atoms with E-state index in [0.717, 1.165) is 0 Å². The first-order valence-electron chi connectivity index (χ1n) is 4.51. The largest absolute Gasteiger partial charge is 0.382 e. The summed E-state index contributed by atoms with van der Waals surface area (Å²) in [5, 5.41) is 3.44. The average Bonchev–Trinajstić information content (AvgIpc) is 2.06. The van der Waals surface area contributed by atoms with Crippen LogP contribution < -0.4 is 5.32 Å². The van der Waals surface area contributed by atoms with Crippen LogP contribution in [0.5, 0.6) is 0 Å². The lowest BCUT2D eigenvalue weighted by Crippen LogP contribution is -2.21. The van der Waals surface area contributed by atoms with E-state index in [9.17, 15) is 0 Å². The normalized spacial score (nSPS) is 13.0. The van der Waals surface area contributed by atoms with Crippen LogP contribution in [0.1, 0.15) is 20.8 Å². The molecule has 1 nitrogen and oxygen atoms in total. The van der Waals surface area contributed by atoms with Crippen LogP contribution in [0.4, 0.5) is 5.69 Å². The molecule has 0 aliphatic carbocycles. The summed E-state index contributed by atoms with van der Waals surface area (Å²) in [5.74, 6) is 0.671. The van der Waals surface area contributed by atoms with Gasteiger partial charge in [-0.05, 0) is 25.0 Å². The van der Waals surface area contributed by atoms with Crippen LogP contribution in [0.2, 0.25) is 0 Å². The second kappa shape index (κ2) is 4.15. The molecule has 1 aromatic rings. The molecule has 1 atom stereocenters. The molecule has 0 fully saturated rings. The summed E-state index contributed by atoms with van der Waals surface area (Å²) in [6.45, 7) is 6.65. The van der Waals surface area contributed by atoms with E-state index < -0.39 is 0 Å². The molecule has 0 unspecified atom stereocenters. The Morgan fingerprint density at radius 1 is 1.00 bits per heavy atom. The molecule has 0 saturated heterocycles. The minimum absolute atomic E-state index is 0.535. The monoisotopic (exact) mass is 163 g/mol. The van der Waals surface area contributed by atoms with Crippen LogP contribution in [0, 0.1) is 5.92 Å². The van der Waals surface area contributed by atoms with E-state index in [1.807, 2.05) is 6.07 Å². The van der Waals surface area contributed by atoms with E-state index in [1.165, 1.54) is 5.69 Å². The highest BCUT2D eigenvalue weighted by molar-refractivity contribution is 5.43. The quantitative estimate of drug-likeness (QED) is 0.721. The zero-order valence-corrected chi connectivity index (χ0v) is 8.04. The van der Waals surface area contributed by atoms with Gasteiger partial charge in [0.2, 0.25) is 0 Å². The molecule has 0 aliphatic heterocycles. The van der Waals surface area contributed by atoms with Crippen molar-refractivity contribution < 1.29 is 0 Å². The van der Waals surface area contributed by atoms with Crippen LogP contribution in [-0.4, -0.2) is 6.04 Å². The first-order valence-corrected chi connectivity index (χ1v) is 4.51. The van der Waals surface area contributed by atoms with E-state index in [2.05, 4.69) is 50.4 Å². The highest BCUT2D eigenvalue weighted by atomic mass is 14.9. The van der Waals surface area contributed by atoms with Gasteiger partial charge in [0.25, 0.3) is 0 Å². The summed E-state index contributed by atoms with van der Waals surface area (Å²) >= 11 is 0. The fraction of sp³-hybridized carbons (Fsp3) is 0.455. The fourth-order valence-corrected chi connectivity index (χ4v) is 0.964. The molecule has 0 spiro atoms. The molecule has 0 aliphatic rings. The maximum absolute atomic E-state index is 3.44. The second-order valence-electron chi connectivity index (χ2n) is 3.54. The molecule has 1 aromatic carbocycles. The van der Waals surface area contributed by atoms with Crippen LogP contribution in [0.15, 0.2) is 30.3 Å². The van der Waals surface area contributed by atoms with Gasteiger partial charge in [-0.15, -0.1) is 0 Å².